The molecule has 2 aromatic rings. The van der Waals surface area contributed by atoms with Gasteiger partial charge in [0.25, 0.3) is 0 Å². The molecule has 1 saturated carbocycles. The molecule has 0 spiro atoms. The van der Waals surface area contributed by atoms with Crippen LogP contribution >= 0.6 is 0 Å². The lowest BCUT2D eigenvalue weighted by Gasteiger charge is -2.44. The van der Waals surface area contributed by atoms with Gasteiger partial charge in [-0.1, -0.05) is 13.8 Å². The number of hydrogen-bond acceptors (Lipinski definition) is 7. The van der Waals surface area contributed by atoms with Gasteiger partial charge in [-0.15, -0.1) is 0 Å². The van der Waals surface area contributed by atoms with Crippen LogP contribution in [0.1, 0.15) is 69.0 Å². The lowest BCUT2D eigenvalue weighted by Crippen LogP contribution is -2.58. The molecule has 8 heteroatoms. The minimum absolute atomic E-state index is 0.0128. The summed E-state index contributed by atoms with van der Waals surface area (Å²) < 4.78 is 17.1. The number of fused-ring (bicyclic) bond motifs is 1. The summed E-state index contributed by atoms with van der Waals surface area (Å²) in [7, 11) is 0. The summed E-state index contributed by atoms with van der Waals surface area (Å²) in [5.41, 5.74) is 10.9. The van der Waals surface area contributed by atoms with Crippen LogP contribution in [0.3, 0.4) is 0 Å². The van der Waals surface area contributed by atoms with E-state index in [0.29, 0.717) is 44.7 Å². The van der Waals surface area contributed by atoms with Crippen molar-refractivity contribution in [1.82, 2.24) is 9.88 Å². The number of nitrogens with two attached hydrogens (primary N) is 1. The van der Waals surface area contributed by atoms with Crippen LogP contribution in [0.4, 0.5) is 11.5 Å². The van der Waals surface area contributed by atoms with Crippen LogP contribution in [0, 0.1) is 5.92 Å². The van der Waals surface area contributed by atoms with Gasteiger partial charge in [-0.25, -0.2) is 4.98 Å². The van der Waals surface area contributed by atoms with E-state index in [2.05, 4.69) is 32.6 Å². The zero-order chi connectivity index (χ0) is 24.7. The Bertz CT molecular complexity index is 1060. The topological polar surface area (TPSA) is 94.1 Å². The lowest BCUT2D eigenvalue weighted by atomic mass is 9.89. The van der Waals surface area contributed by atoms with Gasteiger partial charge in [-0.3, -0.25) is 4.79 Å². The molecular formula is C27H38N4O4. The second kappa shape index (κ2) is 9.47. The fourth-order valence-corrected chi connectivity index (χ4v) is 5.34. The van der Waals surface area contributed by atoms with E-state index in [-0.39, 0.29) is 24.2 Å². The van der Waals surface area contributed by atoms with Gasteiger partial charge in [-0.05, 0) is 50.3 Å². The number of nitrogens with zero attached hydrogens (tertiary/aromatic N) is 3. The van der Waals surface area contributed by atoms with E-state index in [1.54, 1.807) is 6.26 Å². The van der Waals surface area contributed by atoms with Crippen LogP contribution < -0.4 is 10.6 Å². The first-order valence-corrected chi connectivity index (χ1v) is 12.8. The summed E-state index contributed by atoms with van der Waals surface area (Å²) in [6.07, 6.45) is 4.77. The molecule has 0 aromatic carbocycles. The van der Waals surface area contributed by atoms with Gasteiger partial charge in [-0.2, -0.15) is 0 Å². The second-order valence-corrected chi connectivity index (χ2v) is 11.1. The average Bonchev–Trinajstić information content (AvgIpc) is 3.54. The second-order valence-electron chi connectivity index (χ2n) is 11.1. The van der Waals surface area contributed by atoms with Crippen molar-refractivity contribution < 1.29 is 18.7 Å². The summed E-state index contributed by atoms with van der Waals surface area (Å²) in [5, 5.41) is 0. The Balaban J connectivity index is 1.34. The van der Waals surface area contributed by atoms with E-state index in [0.717, 1.165) is 23.7 Å². The fourth-order valence-electron chi connectivity index (χ4n) is 5.34. The van der Waals surface area contributed by atoms with E-state index in [9.17, 15) is 4.79 Å². The molecule has 3 aliphatic rings. The maximum Gasteiger partial charge on any atom is 0.248 e. The van der Waals surface area contributed by atoms with Gasteiger partial charge >= 0.3 is 0 Å². The van der Waals surface area contributed by atoms with E-state index in [1.807, 2.05) is 17.0 Å². The van der Waals surface area contributed by atoms with Crippen molar-refractivity contribution in [3.8, 4) is 0 Å². The maximum absolute atomic E-state index is 13.1. The molecular weight excluding hydrogens is 444 g/mol. The minimum Gasteiger partial charge on any atom is -0.467 e. The van der Waals surface area contributed by atoms with Gasteiger partial charge in [0.1, 0.15) is 19.0 Å². The van der Waals surface area contributed by atoms with Gasteiger partial charge in [0.2, 0.25) is 5.91 Å². The molecule has 5 rings (SSSR count). The predicted octanol–water partition coefficient (Wildman–Crippen LogP) is 3.88. The zero-order valence-corrected chi connectivity index (χ0v) is 21.4. The third-order valence-electron chi connectivity index (χ3n) is 7.50. The highest BCUT2D eigenvalue weighted by molar-refractivity contribution is 5.78. The molecule has 0 bridgehead atoms. The van der Waals surface area contributed by atoms with E-state index in [4.69, 9.17) is 24.6 Å². The molecule has 1 amide bonds. The van der Waals surface area contributed by atoms with E-state index >= 15 is 0 Å². The molecule has 2 aliphatic heterocycles. The quantitative estimate of drug-likeness (QED) is 0.640. The number of carbonyl (C=O) groups excluding carboxylic acids is 1. The summed E-state index contributed by atoms with van der Waals surface area (Å²) >= 11 is 0. The van der Waals surface area contributed by atoms with E-state index < -0.39 is 0 Å². The highest BCUT2D eigenvalue weighted by atomic mass is 16.5. The molecule has 1 saturated heterocycles. The summed E-state index contributed by atoms with van der Waals surface area (Å²) in [6.45, 7) is 11.5. The van der Waals surface area contributed by atoms with Gasteiger partial charge in [0.15, 0.2) is 5.82 Å². The summed E-state index contributed by atoms with van der Waals surface area (Å²) in [5.74, 6) is 2.43. The van der Waals surface area contributed by atoms with E-state index in [1.165, 1.54) is 29.7 Å². The Labute approximate surface area is 207 Å². The summed E-state index contributed by atoms with van der Waals surface area (Å²) in [4.78, 5) is 22.5. The third kappa shape index (κ3) is 5.05. The van der Waals surface area contributed by atoms with Crippen molar-refractivity contribution in [3.63, 3.8) is 0 Å². The van der Waals surface area contributed by atoms with Gasteiger partial charge in [0.05, 0.1) is 35.9 Å². The predicted molar refractivity (Wildman–Crippen MR) is 134 cm³/mol. The number of pyridine rings is 1. The molecule has 8 nitrogen and oxygen atoms in total. The van der Waals surface area contributed by atoms with Crippen molar-refractivity contribution >= 4 is 17.4 Å². The molecule has 2 N–H and O–H groups in total. The first-order chi connectivity index (χ1) is 16.7. The Morgan fingerprint density at radius 1 is 1.29 bits per heavy atom. The maximum atomic E-state index is 13.1. The average molecular weight is 483 g/mol. The number of amides is 1. The number of furan rings is 1. The first kappa shape index (κ1) is 24.1. The molecule has 35 heavy (non-hydrogen) atoms. The zero-order valence-electron chi connectivity index (χ0n) is 21.4. The van der Waals surface area contributed by atoms with Crippen molar-refractivity contribution in [1.29, 1.82) is 0 Å². The molecule has 2 fully saturated rings. The summed E-state index contributed by atoms with van der Waals surface area (Å²) in [6, 6.07) is 3.72. The molecule has 1 atom stereocenters. The molecule has 0 radical (unpaired) electrons. The Kier molecular flexibility index (Phi) is 6.53. The van der Waals surface area contributed by atoms with Gasteiger partial charge in [0, 0.05) is 37.5 Å². The number of aromatic nitrogens is 1. The highest BCUT2D eigenvalue weighted by Gasteiger charge is 2.39. The highest BCUT2D eigenvalue weighted by Crippen LogP contribution is 2.46. The first-order valence-electron chi connectivity index (χ1n) is 12.8. The van der Waals surface area contributed by atoms with Crippen LogP contribution in [0.25, 0.3) is 0 Å². The van der Waals surface area contributed by atoms with Crippen molar-refractivity contribution in [3.05, 3.63) is 41.0 Å². The normalized spacial score (nSPS) is 21.9. The Hall–Kier alpha value is -2.58. The third-order valence-corrected chi connectivity index (χ3v) is 7.50. The number of rotatable bonds is 7. The standard InChI is InChI=1S/C27H38N4O4/c1-17(2)22-13-30(9-10-31(22)23(32)16-33-14-19-6-5-11-34-19)26-24(28)20-12-27(3,4)35-15-21(20)25(29-26)18-7-8-18/h5-6,11,17-18,22H,7-10,12-16,28H2,1-4H3/t22-/m0/s1. The molecule has 1 aliphatic carbocycles. The molecule has 0 unspecified atom stereocenters. The number of carbonyl (C=O) groups is 1. The van der Waals surface area contributed by atoms with Crippen LogP contribution in [0.2, 0.25) is 0 Å². The fraction of sp³-hybridized carbons (Fsp3) is 0.630. The monoisotopic (exact) mass is 482 g/mol. The van der Waals surface area contributed by atoms with Crippen LogP contribution in [-0.4, -0.2) is 53.7 Å². The molecule has 190 valence electrons. The van der Waals surface area contributed by atoms with Crippen molar-refractivity contribution in [2.75, 3.05) is 36.9 Å². The van der Waals surface area contributed by atoms with Crippen LogP contribution in [-0.2, 0) is 33.9 Å². The molecule has 4 heterocycles. The number of piperazine rings is 1. The lowest BCUT2D eigenvalue weighted by molar-refractivity contribution is -0.140. The Morgan fingerprint density at radius 2 is 2.09 bits per heavy atom. The SMILES string of the molecule is CC(C)[C@@H]1CN(c2nc(C3CC3)c3c(c2N)CC(C)(C)OC3)CCN1C(=O)COCc1ccco1. The van der Waals surface area contributed by atoms with Gasteiger partial charge < -0.3 is 29.4 Å². The number of nitrogen functional groups attached to an aromatic ring is 1. The number of hydrogen-bond donors (Lipinski definition) is 1. The van der Waals surface area contributed by atoms with Crippen molar-refractivity contribution in [2.45, 2.75) is 77.7 Å². The Morgan fingerprint density at radius 3 is 2.77 bits per heavy atom. The largest absolute Gasteiger partial charge is 0.467 e. The number of ether oxygens (including phenoxy) is 2. The number of anilines is 2. The minimum atomic E-state index is -0.234. The smallest absolute Gasteiger partial charge is 0.248 e. The van der Waals surface area contributed by atoms with Crippen molar-refractivity contribution in [2.24, 2.45) is 5.92 Å². The van der Waals surface area contributed by atoms with Crippen LogP contribution in [0.5, 0.6) is 0 Å². The van der Waals surface area contributed by atoms with Crippen LogP contribution in [0.15, 0.2) is 22.8 Å². The molecule has 2 aromatic heterocycles.